The first-order chi connectivity index (χ1) is 10.2. The Balaban J connectivity index is 1.36. The van der Waals surface area contributed by atoms with Gasteiger partial charge in [-0.15, -0.1) is 0 Å². The number of furan rings is 1. The Morgan fingerprint density at radius 3 is 3.05 bits per heavy atom. The average Bonchev–Trinajstić information content (AvgIpc) is 2.90. The molecule has 3 fully saturated rings. The maximum Gasteiger partial charge on any atom is 0.118 e. The highest BCUT2D eigenvalue weighted by Gasteiger charge is 2.50. The molecule has 0 amide bonds. The summed E-state index contributed by atoms with van der Waals surface area (Å²) < 4.78 is 17.5. The molecule has 2 atom stereocenters. The van der Waals surface area contributed by atoms with Crippen molar-refractivity contribution in [2.24, 2.45) is 17.3 Å². The molecule has 116 valence electrons. The molecule has 0 spiro atoms. The highest BCUT2D eigenvalue weighted by Crippen LogP contribution is 2.42. The molecule has 4 nitrogen and oxygen atoms in total. The van der Waals surface area contributed by atoms with Crippen LogP contribution in [0.1, 0.15) is 24.4 Å². The van der Waals surface area contributed by atoms with E-state index >= 15 is 0 Å². The normalized spacial score (nSPS) is 32.7. The van der Waals surface area contributed by atoms with E-state index in [1.54, 1.807) is 0 Å². The van der Waals surface area contributed by atoms with E-state index in [2.05, 4.69) is 11.0 Å². The molecule has 0 bridgehead atoms. The Hall–Kier alpha value is -0.840. The molecule has 1 aliphatic carbocycles. The lowest BCUT2D eigenvalue weighted by Crippen LogP contribution is -2.35. The van der Waals surface area contributed by atoms with E-state index in [1.807, 2.05) is 13.0 Å². The molecule has 2 aliphatic heterocycles. The molecular weight excluding hydrogens is 266 g/mol. The molecule has 4 rings (SSSR count). The number of aryl methyl sites for hydroxylation is 1. The van der Waals surface area contributed by atoms with Crippen LogP contribution < -0.4 is 0 Å². The number of likely N-dealkylation sites (tertiary alicyclic amines) is 1. The molecular formula is C17H25NO3. The first-order valence-corrected chi connectivity index (χ1v) is 8.17. The second-order valence-electron chi connectivity index (χ2n) is 7.21. The van der Waals surface area contributed by atoms with E-state index in [9.17, 15) is 0 Å². The second-order valence-corrected chi connectivity index (χ2v) is 7.21. The summed E-state index contributed by atoms with van der Waals surface area (Å²) in [6, 6.07) is 4.14. The third kappa shape index (κ3) is 2.89. The predicted molar refractivity (Wildman–Crippen MR) is 79.0 cm³/mol. The van der Waals surface area contributed by atoms with Crippen molar-refractivity contribution in [2.75, 3.05) is 39.5 Å². The summed E-state index contributed by atoms with van der Waals surface area (Å²) >= 11 is 0. The van der Waals surface area contributed by atoms with E-state index in [1.165, 1.54) is 12.8 Å². The predicted octanol–water partition coefficient (Wildman–Crippen LogP) is 2.46. The van der Waals surface area contributed by atoms with E-state index in [0.717, 1.165) is 63.5 Å². The number of fused-ring (bicyclic) bond motifs is 1. The molecule has 0 aromatic carbocycles. The van der Waals surface area contributed by atoms with Crippen LogP contribution in [0.3, 0.4) is 0 Å². The van der Waals surface area contributed by atoms with Crippen LogP contribution in [-0.4, -0.2) is 44.4 Å². The largest absolute Gasteiger partial charge is 0.465 e. The zero-order valence-corrected chi connectivity index (χ0v) is 12.8. The van der Waals surface area contributed by atoms with Crippen LogP contribution in [0.15, 0.2) is 16.5 Å². The Labute approximate surface area is 126 Å². The molecule has 0 unspecified atom stereocenters. The lowest BCUT2D eigenvalue weighted by Gasteiger charge is -2.27. The lowest BCUT2D eigenvalue weighted by molar-refractivity contribution is 0.0217. The maximum absolute atomic E-state index is 6.02. The molecule has 2 saturated heterocycles. The molecule has 4 heteroatoms. The standard InChI is InChI=1S/C17H25NO3/c1-13-2-5-16(21-13)7-18-6-15-9-20-12-17(15,10-18)11-19-8-14-3-4-14/h2,5,14-15H,3-4,6-12H2,1H3/t15-,17-/m1/s1. The molecule has 1 saturated carbocycles. The average molecular weight is 291 g/mol. The van der Waals surface area contributed by atoms with Crippen molar-refractivity contribution in [1.82, 2.24) is 4.90 Å². The van der Waals surface area contributed by atoms with Gasteiger partial charge in [0.25, 0.3) is 0 Å². The summed E-state index contributed by atoms with van der Waals surface area (Å²) in [5, 5.41) is 0. The van der Waals surface area contributed by atoms with Gasteiger partial charge in [-0.3, -0.25) is 4.90 Å². The zero-order valence-electron chi connectivity index (χ0n) is 12.8. The van der Waals surface area contributed by atoms with E-state index < -0.39 is 0 Å². The van der Waals surface area contributed by atoms with Crippen molar-refractivity contribution in [3.8, 4) is 0 Å². The minimum Gasteiger partial charge on any atom is -0.465 e. The van der Waals surface area contributed by atoms with Gasteiger partial charge < -0.3 is 13.9 Å². The van der Waals surface area contributed by atoms with Crippen molar-refractivity contribution in [3.05, 3.63) is 23.7 Å². The highest BCUT2D eigenvalue weighted by atomic mass is 16.5. The Morgan fingerprint density at radius 1 is 1.38 bits per heavy atom. The first kappa shape index (κ1) is 13.8. The van der Waals surface area contributed by atoms with Gasteiger partial charge in [0.1, 0.15) is 11.5 Å². The van der Waals surface area contributed by atoms with Crippen molar-refractivity contribution in [1.29, 1.82) is 0 Å². The summed E-state index contributed by atoms with van der Waals surface area (Å²) in [5.41, 5.74) is 0.219. The van der Waals surface area contributed by atoms with Crippen LogP contribution in [0.5, 0.6) is 0 Å². The van der Waals surface area contributed by atoms with Crippen LogP contribution in [0.25, 0.3) is 0 Å². The van der Waals surface area contributed by atoms with Crippen LogP contribution in [0.2, 0.25) is 0 Å². The second kappa shape index (κ2) is 5.41. The van der Waals surface area contributed by atoms with Gasteiger partial charge in [0, 0.05) is 31.0 Å². The van der Waals surface area contributed by atoms with Crippen LogP contribution in [0, 0.1) is 24.2 Å². The number of ether oxygens (including phenoxy) is 2. The summed E-state index contributed by atoms with van der Waals surface area (Å²) in [4.78, 5) is 2.51. The van der Waals surface area contributed by atoms with Crippen molar-refractivity contribution >= 4 is 0 Å². The monoisotopic (exact) mass is 291 g/mol. The fourth-order valence-corrected chi connectivity index (χ4v) is 3.77. The smallest absolute Gasteiger partial charge is 0.118 e. The topological polar surface area (TPSA) is 34.8 Å². The summed E-state index contributed by atoms with van der Waals surface area (Å²) in [6.07, 6.45) is 2.72. The van der Waals surface area contributed by atoms with Gasteiger partial charge in [-0.1, -0.05) is 0 Å². The summed E-state index contributed by atoms with van der Waals surface area (Å²) in [6.45, 7) is 8.65. The SMILES string of the molecule is Cc1ccc(CN2C[C@@H]3COC[C@]3(COCC3CC3)C2)o1. The molecule has 0 radical (unpaired) electrons. The number of rotatable bonds is 6. The number of hydrogen-bond donors (Lipinski definition) is 0. The lowest BCUT2D eigenvalue weighted by atomic mass is 9.82. The van der Waals surface area contributed by atoms with Gasteiger partial charge >= 0.3 is 0 Å². The minimum absolute atomic E-state index is 0.219. The van der Waals surface area contributed by atoms with E-state index in [4.69, 9.17) is 13.9 Å². The van der Waals surface area contributed by atoms with Gasteiger partial charge in [-0.05, 0) is 37.8 Å². The quantitative estimate of drug-likeness (QED) is 0.806. The summed E-state index contributed by atoms with van der Waals surface area (Å²) in [7, 11) is 0. The fourth-order valence-electron chi connectivity index (χ4n) is 3.77. The zero-order chi connectivity index (χ0) is 14.3. The van der Waals surface area contributed by atoms with Gasteiger partial charge in [0.2, 0.25) is 0 Å². The molecule has 3 aliphatic rings. The van der Waals surface area contributed by atoms with Crippen LogP contribution >= 0.6 is 0 Å². The summed E-state index contributed by atoms with van der Waals surface area (Å²) in [5.74, 6) is 3.52. The van der Waals surface area contributed by atoms with Crippen molar-refractivity contribution in [3.63, 3.8) is 0 Å². The van der Waals surface area contributed by atoms with E-state index in [-0.39, 0.29) is 5.41 Å². The van der Waals surface area contributed by atoms with Crippen LogP contribution in [-0.2, 0) is 16.0 Å². The molecule has 1 aromatic heterocycles. The first-order valence-electron chi connectivity index (χ1n) is 8.17. The Morgan fingerprint density at radius 2 is 2.29 bits per heavy atom. The van der Waals surface area contributed by atoms with Crippen molar-refractivity contribution < 1.29 is 13.9 Å². The van der Waals surface area contributed by atoms with Crippen LogP contribution in [0.4, 0.5) is 0 Å². The number of hydrogen-bond acceptors (Lipinski definition) is 4. The Kier molecular flexibility index (Phi) is 3.56. The molecule has 0 N–H and O–H groups in total. The fraction of sp³-hybridized carbons (Fsp3) is 0.765. The maximum atomic E-state index is 6.02. The highest BCUT2D eigenvalue weighted by molar-refractivity contribution is 5.07. The molecule has 21 heavy (non-hydrogen) atoms. The third-order valence-electron chi connectivity index (χ3n) is 5.21. The minimum atomic E-state index is 0.219. The van der Waals surface area contributed by atoms with Gasteiger partial charge in [0.15, 0.2) is 0 Å². The van der Waals surface area contributed by atoms with E-state index in [0.29, 0.717) is 5.92 Å². The Bertz CT molecular complexity index is 496. The third-order valence-corrected chi connectivity index (χ3v) is 5.21. The van der Waals surface area contributed by atoms with Gasteiger partial charge in [-0.2, -0.15) is 0 Å². The molecule has 1 aromatic rings. The molecule has 3 heterocycles. The van der Waals surface area contributed by atoms with Crippen molar-refractivity contribution in [2.45, 2.75) is 26.3 Å². The van der Waals surface area contributed by atoms with Gasteiger partial charge in [-0.25, -0.2) is 0 Å². The van der Waals surface area contributed by atoms with Gasteiger partial charge in [0.05, 0.1) is 26.4 Å². The number of nitrogens with zero attached hydrogens (tertiary/aromatic N) is 1.